The van der Waals surface area contributed by atoms with Crippen LogP contribution in [0.15, 0.2) is 0 Å². The lowest BCUT2D eigenvalue weighted by Gasteiger charge is -1.65. The van der Waals surface area contributed by atoms with Crippen molar-refractivity contribution in [2.45, 2.75) is 12.5 Å². The van der Waals surface area contributed by atoms with Crippen molar-refractivity contribution in [3.63, 3.8) is 0 Å². The van der Waals surface area contributed by atoms with Crippen molar-refractivity contribution in [3.8, 4) is 0 Å². The Morgan fingerprint density at radius 2 is 2.50 bits per heavy atom. The zero-order valence-electron chi connectivity index (χ0n) is 3.31. The zero-order chi connectivity index (χ0) is 4.57. The first kappa shape index (κ1) is 3.65. The Kier molecular flexibility index (Phi) is 0.587. The molecule has 1 atom stereocenters. The average Bonchev–Trinajstić information content (AvgIpc) is 2.19. The lowest BCUT2D eigenvalue weighted by molar-refractivity contribution is -0.117. The third kappa shape index (κ3) is 0.379. The SMILES string of the molecule is [CH2]CC1OC1=O. The van der Waals surface area contributed by atoms with Gasteiger partial charge in [-0.05, 0) is 13.3 Å². The molecule has 0 aromatic heterocycles. The van der Waals surface area contributed by atoms with E-state index >= 15 is 0 Å². The Balaban J connectivity index is 2.26. The van der Waals surface area contributed by atoms with Gasteiger partial charge in [-0.15, -0.1) is 0 Å². The second kappa shape index (κ2) is 0.965. The first-order valence-corrected chi connectivity index (χ1v) is 1.84. The smallest absolute Gasteiger partial charge is 0.348 e. The van der Waals surface area contributed by atoms with E-state index in [0.29, 0.717) is 6.42 Å². The Morgan fingerprint density at radius 3 is 2.50 bits per heavy atom. The highest BCUT2D eigenvalue weighted by atomic mass is 16.6. The summed E-state index contributed by atoms with van der Waals surface area (Å²) in [6.45, 7) is 3.45. The highest BCUT2D eigenvalue weighted by Gasteiger charge is 2.35. The molecule has 0 aliphatic carbocycles. The van der Waals surface area contributed by atoms with Gasteiger partial charge in [-0.25, -0.2) is 4.79 Å². The molecule has 33 valence electrons. The van der Waals surface area contributed by atoms with Crippen molar-refractivity contribution in [2.24, 2.45) is 0 Å². The second-order valence-corrected chi connectivity index (χ2v) is 1.21. The van der Waals surface area contributed by atoms with Crippen LogP contribution in [-0.2, 0) is 9.53 Å². The molecule has 1 aliphatic heterocycles. The lowest BCUT2D eigenvalue weighted by atomic mass is 10.4. The largest absolute Gasteiger partial charge is 0.448 e. The van der Waals surface area contributed by atoms with Crippen molar-refractivity contribution in [1.82, 2.24) is 0 Å². The molecule has 0 N–H and O–H groups in total. The van der Waals surface area contributed by atoms with E-state index in [1.165, 1.54) is 0 Å². The van der Waals surface area contributed by atoms with Crippen LogP contribution in [0.2, 0.25) is 0 Å². The Hall–Kier alpha value is -0.530. The summed E-state index contributed by atoms with van der Waals surface area (Å²) in [5, 5.41) is 0. The minimum atomic E-state index is -0.148. The van der Waals surface area contributed by atoms with Crippen LogP contribution >= 0.6 is 0 Å². The summed E-state index contributed by atoms with van der Waals surface area (Å²) in [5.74, 6) is -0.106. The molecule has 0 spiro atoms. The van der Waals surface area contributed by atoms with E-state index in [9.17, 15) is 4.79 Å². The number of cyclic esters (lactones) is 1. The van der Waals surface area contributed by atoms with Crippen LogP contribution < -0.4 is 0 Å². The highest BCUT2D eigenvalue weighted by Crippen LogP contribution is 2.13. The van der Waals surface area contributed by atoms with Crippen LogP contribution in [0.3, 0.4) is 0 Å². The molecule has 2 nitrogen and oxygen atoms in total. The first-order valence-electron chi connectivity index (χ1n) is 1.84. The molecule has 1 heterocycles. The van der Waals surface area contributed by atoms with Crippen LogP contribution in [0, 0.1) is 6.92 Å². The molecular formula is C4H5O2. The summed E-state index contributed by atoms with van der Waals surface area (Å²) >= 11 is 0. The van der Waals surface area contributed by atoms with Gasteiger partial charge in [-0.1, -0.05) is 0 Å². The van der Waals surface area contributed by atoms with Gasteiger partial charge in [0.2, 0.25) is 0 Å². The van der Waals surface area contributed by atoms with Gasteiger partial charge in [-0.2, -0.15) is 0 Å². The molecule has 0 amide bonds. The predicted molar refractivity (Wildman–Crippen MR) is 19.9 cm³/mol. The maximum absolute atomic E-state index is 9.86. The van der Waals surface area contributed by atoms with E-state index in [2.05, 4.69) is 11.7 Å². The summed E-state index contributed by atoms with van der Waals surface area (Å²) in [6.07, 6.45) is 0.434. The standard InChI is InChI=1S/C4H5O2/c1-2-3-4(5)6-3/h3H,1-2H2. The van der Waals surface area contributed by atoms with Crippen LogP contribution in [0.1, 0.15) is 6.42 Å². The summed E-state index contributed by atoms with van der Waals surface area (Å²) in [7, 11) is 0. The molecule has 0 bridgehead atoms. The van der Waals surface area contributed by atoms with Crippen LogP contribution in [0.4, 0.5) is 0 Å². The molecule has 1 aliphatic rings. The molecule has 0 saturated carbocycles. The van der Waals surface area contributed by atoms with Gasteiger partial charge < -0.3 is 4.74 Å². The minimum Gasteiger partial charge on any atom is -0.448 e. The number of carbonyl (C=O) groups is 1. The minimum absolute atomic E-state index is 0.106. The third-order valence-corrected chi connectivity index (χ3v) is 0.726. The van der Waals surface area contributed by atoms with Gasteiger partial charge in [0, 0.05) is 0 Å². The number of hydrogen-bond donors (Lipinski definition) is 0. The van der Waals surface area contributed by atoms with Crippen LogP contribution in [0.5, 0.6) is 0 Å². The maximum atomic E-state index is 9.86. The fraction of sp³-hybridized carbons (Fsp3) is 0.500. The van der Waals surface area contributed by atoms with Gasteiger partial charge in [0.1, 0.15) is 0 Å². The summed E-state index contributed by atoms with van der Waals surface area (Å²) in [5.41, 5.74) is 0. The predicted octanol–water partition coefficient (Wildman–Crippen LogP) is 0.136. The Labute approximate surface area is 36.1 Å². The number of carbonyl (C=O) groups excluding carboxylic acids is 1. The number of epoxide rings is 1. The van der Waals surface area contributed by atoms with Crippen molar-refractivity contribution in [1.29, 1.82) is 0 Å². The van der Waals surface area contributed by atoms with Crippen molar-refractivity contribution in [3.05, 3.63) is 6.92 Å². The second-order valence-electron chi connectivity index (χ2n) is 1.21. The molecule has 1 unspecified atom stereocenters. The topological polar surface area (TPSA) is 29.6 Å². The van der Waals surface area contributed by atoms with Crippen LogP contribution in [0.25, 0.3) is 0 Å². The Morgan fingerprint density at radius 1 is 2.00 bits per heavy atom. The van der Waals surface area contributed by atoms with Gasteiger partial charge >= 0.3 is 5.97 Å². The van der Waals surface area contributed by atoms with E-state index < -0.39 is 0 Å². The number of rotatable bonds is 1. The normalized spacial score (nSPS) is 29.5. The fourth-order valence-corrected chi connectivity index (χ4v) is 0.283. The molecule has 1 radical (unpaired) electrons. The van der Waals surface area contributed by atoms with Gasteiger partial charge in [0.05, 0.1) is 0 Å². The van der Waals surface area contributed by atoms with E-state index in [-0.39, 0.29) is 12.1 Å². The van der Waals surface area contributed by atoms with E-state index in [0.717, 1.165) is 0 Å². The third-order valence-electron chi connectivity index (χ3n) is 0.726. The monoisotopic (exact) mass is 85.0 g/mol. The lowest BCUT2D eigenvalue weighted by Crippen LogP contribution is -1.79. The highest BCUT2D eigenvalue weighted by molar-refractivity contribution is 5.87. The summed E-state index contributed by atoms with van der Waals surface area (Å²) in [4.78, 5) is 9.86. The molecule has 1 fully saturated rings. The Bertz CT molecular complexity index is 77.6. The fourth-order valence-electron chi connectivity index (χ4n) is 0.283. The maximum Gasteiger partial charge on any atom is 0.348 e. The summed E-state index contributed by atoms with van der Waals surface area (Å²) in [6, 6.07) is 0. The zero-order valence-corrected chi connectivity index (χ0v) is 3.31. The number of ether oxygens (including phenoxy) is 1. The number of hydrogen-bond acceptors (Lipinski definition) is 2. The molecular weight excluding hydrogens is 80.0 g/mol. The quantitative estimate of drug-likeness (QED) is 0.424. The molecule has 1 saturated heterocycles. The van der Waals surface area contributed by atoms with E-state index in [1.54, 1.807) is 0 Å². The van der Waals surface area contributed by atoms with Crippen molar-refractivity contribution >= 4 is 5.97 Å². The van der Waals surface area contributed by atoms with E-state index in [1.807, 2.05) is 0 Å². The molecule has 0 aromatic rings. The van der Waals surface area contributed by atoms with Gasteiger partial charge in [0.15, 0.2) is 6.10 Å². The molecule has 2 heteroatoms. The average molecular weight is 85.1 g/mol. The van der Waals surface area contributed by atoms with Crippen molar-refractivity contribution in [2.75, 3.05) is 0 Å². The first-order chi connectivity index (χ1) is 2.84. The molecule has 0 aromatic carbocycles. The van der Waals surface area contributed by atoms with Gasteiger partial charge in [-0.3, -0.25) is 0 Å². The van der Waals surface area contributed by atoms with Crippen LogP contribution in [-0.4, -0.2) is 12.1 Å². The van der Waals surface area contributed by atoms with E-state index in [4.69, 9.17) is 0 Å². The molecule has 1 rings (SSSR count). The summed E-state index contributed by atoms with van der Waals surface area (Å²) < 4.78 is 4.36. The molecule has 6 heavy (non-hydrogen) atoms. The van der Waals surface area contributed by atoms with Crippen molar-refractivity contribution < 1.29 is 9.53 Å². The van der Waals surface area contributed by atoms with Gasteiger partial charge in [0.25, 0.3) is 0 Å².